The summed E-state index contributed by atoms with van der Waals surface area (Å²) in [5.74, 6) is 0.375. The summed E-state index contributed by atoms with van der Waals surface area (Å²) >= 11 is 1.39. The summed E-state index contributed by atoms with van der Waals surface area (Å²) in [6.07, 6.45) is 2.37. The Balaban J connectivity index is 1.63. The van der Waals surface area contributed by atoms with Gasteiger partial charge in [0, 0.05) is 18.2 Å². The van der Waals surface area contributed by atoms with Crippen LogP contribution >= 0.6 is 11.8 Å². The SMILES string of the molecule is CCN(C(=O)CSc1ncc(-c2ccccc2)n1-c1ccc(C)cc1C)C1CCS(=O)(=O)C1. The molecule has 8 heteroatoms. The monoisotopic (exact) mass is 483 g/mol. The number of hydrogen-bond acceptors (Lipinski definition) is 5. The van der Waals surface area contributed by atoms with E-state index >= 15 is 0 Å². The topological polar surface area (TPSA) is 72.3 Å². The van der Waals surface area contributed by atoms with Crippen molar-refractivity contribution >= 4 is 27.5 Å². The number of nitrogens with zero attached hydrogens (tertiary/aromatic N) is 3. The number of imidazole rings is 1. The van der Waals surface area contributed by atoms with E-state index in [4.69, 9.17) is 0 Å². The maximum absolute atomic E-state index is 13.1. The molecule has 0 bridgehead atoms. The van der Waals surface area contributed by atoms with Gasteiger partial charge in [0.25, 0.3) is 0 Å². The van der Waals surface area contributed by atoms with Crippen LogP contribution in [0.5, 0.6) is 0 Å². The standard InChI is InChI=1S/C25H29N3O3S2/c1-4-27(21-12-13-33(30,31)17-21)24(29)16-32-25-26-15-23(20-8-6-5-7-9-20)28(25)22-11-10-18(2)14-19(22)3/h5-11,14-15,21H,4,12-13,16-17H2,1-3H3. The molecular formula is C25H29N3O3S2. The molecule has 2 heterocycles. The van der Waals surface area contributed by atoms with Crippen LogP contribution in [0.15, 0.2) is 59.9 Å². The van der Waals surface area contributed by atoms with E-state index in [-0.39, 0.29) is 29.2 Å². The lowest BCUT2D eigenvalue weighted by molar-refractivity contribution is -0.129. The van der Waals surface area contributed by atoms with E-state index in [1.54, 1.807) is 4.90 Å². The van der Waals surface area contributed by atoms with Crippen molar-refractivity contribution in [1.29, 1.82) is 0 Å². The Labute approximate surface area is 199 Å². The molecule has 1 saturated heterocycles. The van der Waals surface area contributed by atoms with Crippen LogP contribution in [0.3, 0.4) is 0 Å². The molecule has 0 radical (unpaired) electrons. The quantitative estimate of drug-likeness (QED) is 0.469. The van der Waals surface area contributed by atoms with Crippen LogP contribution < -0.4 is 0 Å². The minimum Gasteiger partial charge on any atom is -0.338 e. The van der Waals surface area contributed by atoms with Crippen LogP contribution in [-0.2, 0) is 14.6 Å². The molecule has 0 N–H and O–H groups in total. The first-order chi connectivity index (χ1) is 15.8. The fourth-order valence-electron chi connectivity index (χ4n) is 4.41. The van der Waals surface area contributed by atoms with Crippen LogP contribution in [-0.4, -0.2) is 58.6 Å². The number of hydrogen-bond donors (Lipinski definition) is 0. The number of thioether (sulfide) groups is 1. The smallest absolute Gasteiger partial charge is 0.233 e. The molecule has 1 aliphatic rings. The minimum absolute atomic E-state index is 0.0546. The summed E-state index contributed by atoms with van der Waals surface area (Å²) in [5, 5.41) is 0.740. The molecule has 3 aromatic rings. The number of carbonyl (C=O) groups excluding carboxylic acids is 1. The molecule has 0 spiro atoms. The minimum atomic E-state index is -3.05. The molecule has 1 atom stereocenters. The number of aromatic nitrogens is 2. The molecule has 1 aliphatic heterocycles. The number of amides is 1. The average molecular weight is 484 g/mol. The highest BCUT2D eigenvalue weighted by molar-refractivity contribution is 7.99. The van der Waals surface area contributed by atoms with Crippen molar-refractivity contribution in [3.63, 3.8) is 0 Å². The van der Waals surface area contributed by atoms with Gasteiger partial charge in [-0.15, -0.1) is 0 Å². The fraction of sp³-hybridized carbons (Fsp3) is 0.360. The van der Waals surface area contributed by atoms with Gasteiger partial charge in [0.05, 0.1) is 34.8 Å². The predicted molar refractivity (Wildman–Crippen MR) is 134 cm³/mol. The average Bonchev–Trinajstić information content (AvgIpc) is 3.36. The van der Waals surface area contributed by atoms with E-state index in [1.165, 1.54) is 17.3 Å². The van der Waals surface area contributed by atoms with Crippen LogP contribution in [0.4, 0.5) is 0 Å². The molecule has 1 unspecified atom stereocenters. The van der Waals surface area contributed by atoms with E-state index < -0.39 is 9.84 Å². The summed E-state index contributed by atoms with van der Waals surface area (Å²) in [5.41, 5.74) is 5.36. The van der Waals surface area contributed by atoms with E-state index in [2.05, 4.69) is 53.7 Å². The van der Waals surface area contributed by atoms with Crippen molar-refractivity contribution in [1.82, 2.24) is 14.5 Å². The van der Waals surface area contributed by atoms with Crippen molar-refractivity contribution in [2.45, 2.75) is 38.4 Å². The Morgan fingerprint density at radius 3 is 2.58 bits per heavy atom. The normalized spacial score (nSPS) is 17.2. The fourth-order valence-corrected chi connectivity index (χ4v) is 7.01. The zero-order valence-corrected chi connectivity index (χ0v) is 20.8. The summed E-state index contributed by atoms with van der Waals surface area (Å²) in [4.78, 5) is 19.4. The van der Waals surface area contributed by atoms with Gasteiger partial charge < -0.3 is 4.90 Å². The van der Waals surface area contributed by atoms with Gasteiger partial charge in [-0.1, -0.05) is 59.8 Å². The molecule has 1 fully saturated rings. The van der Waals surface area contributed by atoms with Gasteiger partial charge in [0.1, 0.15) is 0 Å². The first-order valence-corrected chi connectivity index (χ1v) is 13.9. The van der Waals surface area contributed by atoms with E-state index in [1.807, 2.05) is 31.3 Å². The first kappa shape index (κ1) is 23.6. The Bertz CT molecular complexity index is 1250. The molecule has 1 amide bonds. The van der Waals surface area contributed by atoms with Crippen molar-refractivity contribution in [3.05, 3.63) is 65.9 Å². The second-order valence-electron chi connectivity index (χ2n) is 8.44. The first-order valence-electron chi connectivity index (χ1n) is 11.1. The highest BCUT2D eigenvalue weighted by Crippen LogP contribution is 2.32. The third-order valence-electron chi connectivity index (χ3n) is 6.03. The van der Waals surface area contributed by atoms with Crippen molar-refractivity contribution in [2.75, 3.05) is 23.8 Å². The number of aryl methyl sites for hydroxylation is 2. The molecule has 2 aromatic carbocycles. The maximum Gasteiger partial charge on any atom is 0.233 e. The largest absolute Gasteiger partial charge is 0.338 e. The Morgan fingerprint density at radius 1 is 1.18 bits per heavy atom. The van der Waals surface area contributed by atoms with Gasteiger partial charge in [-0.05, 0) is 38.8 Å². The molecule has 4 rings (SSSR count). The van der Waals surface area contributed by atoms with Gasteiger partial charge in [0.2, 0.25) is 5.91 Å². The molecular weight excluding hydrogens is 454 g/mol. The van der Waals surface area contributed by atoms with Crippen LogP contribution in [0.1, 0.15) is 24.5 Å². The highest BCUT2D eigenvalue weighted by Gasteiger charge is 2.34. The number of rotatable bonds is 7. The molecule has 33 heavy (non-hydrogen) atoms. The predicted octanol–water partition coefficient (Wildman–Crippen LogP) is 4.28. The van der Waals surface area contributed by atoms with E-state index in [0.717, 1.165) is 27.7 Å². The van der Waals surface area contributed by atoms with Crippen LogP contribution in [0.2, 0.25) is 0 Å². The number of carbonyl (C=O) groups is 1. The van der Waals surface area contributed by atoms with Crippen molar-refractivity contribution in [3.8, 4) is 16.9 Å². The highest BCUT2D eigenvalue weighted by atomic mass is 32.2. The summed E-state index contributed by atoms with van der Waals surface area (Å²) < 4.78 is 25.9. The second-order valence-corrected chi connectivity index (χ2v) is 11.6. The molecule has 6 nitrogen and oxygen atoms in total. The third-order valence-corrected chi connectivity index (χ3v) is 8.71. The number of benzene rings is 2. The molecule has 174 valence electrons. The maximum atomic E-state index is 13.1. The lowest BCUT2D eigenvalue weighted by atomic mass is 10.1. The van der Waals surface area contributed by atoms with Gasteiger partial charge in [0.15, 0.2) is 15.0 Å². The van der Waals surface area contributed by atoms with Gasteiger partial charge >= 0.3 is 0 Å². The zero-order valence-electron chi connectivity index (χ0n) is 19.2. The molecule has 0 aliphatic carbocycles. The van der Waals surface area contributed by atoms with E-state index in [9.17, 15) is 13.2 Å². The zero-order chi connectivity index (χ0) is 23.6. The van der Waals surface area contributed by atoms with Gasteiger partial charge in [-0.3, -0.25) is 9.36 Å². The lowest BCUT2D eigenvalue weighted by Gasteiger charge is -2.26. The van der Waals surface area contributed by atoms with Gasteiger partial charge in [-0.2, -0.15) is 0 Å². The van der Waals surface area contributed by atoms with E-state index in [0.29, 0.717) is 13.0 Å². The third kappa shape index (κ3) is 5.17. The molecule has 1 aromatic heterocycles. The Kier molecular flexibility index (Phi) is 6.95. The summed E-state index contributed by atoms with van der Waals surface area (Å²) in [7, 11) is -3.05. The van der Waals surface area contributed by atoms with Gasteiger partial charge in [-0.25, -0.2) is 13.4 Å². The van der Waals surface area contributed by atoms with Crippen LogP contribution in [0, 0.1) is 13.8 Å². The summed E-state index contributed by atoms with van der Waals surface area (Å²) in [6.45, 7) is 6.55. The summed E-state index contributed by atoms with van der Waals surface area (Å²) in [6, 6.07) is 16.2. The second kappa shape index (κ2) is 9.73. The van der Waals surface area contributed by atoms with Crippen LogP contribution in [0.25, 0.3) is 16.9 Å². The number of sulfone groups is 1. The molecule has 0 saturated carbocycles. The Hall–Kier alpha value is -2.58. The van der Waals surface area contributed by atoms with Crippen molar-refractivity contribution in [2.24, 2.45) is 0 Å². The lowest BCUT2D eigenvalue weighted by Crippen LogP contribution is -2.42. The Morgan fingerprint density at radius 2 is 1.94 bits per heavy atom. The van der Waals surface area contributed by atoms with Crippen molar-refractivity contribution < 1.29 is 13.2 Å².